The maximum atomic E-state index is 13.7. The normalized spacial score (nSPS) is 11.7. The van der Waals surface area contributed by atoms with Gasteiger partial charge in [-0.25, -0.2) is 8.78 Å². The smallest absolute Gasteiger partial charge is 0.252 e. The molecule has 29 heavy (non-hydrogen) atoms. The van der Waals surface area contributed by atoms with E-state index in [0.717, 1.165) is 18.2 Å². The third-order valence-electron chi connectivity index (χ3n) is 4.31. The van der Waals surface area contributed by atoms with Gasteiger partial charge in [0.1, 0.15) is 29.2 Å². The zero-order valence-corrected chi connectivity index (χ0v) is 16.7. The van der Waals surface area contributed by atoms with Crippen molar-refractivity contribution in [1.29, 1.82) is 0 Å². The first-order valence-corrected chi connectivity index (χ1v) is 9.00. The molecule has 2 aromatic carbocycles. The van der Waals surface area contributed by atoms with Crippen LogP contribution in [0, 0.1) is 17.6 Å². The van der Waals surface area contributed by atoms with Crippen LogP contribution >= 0.6 is 0 Å². The summed E-state index contributed by atoms with van der Waals surface area (Å²) < 4.78 is 37.3. The first kappa shape index (κ1) is 22.1. The zero-order chi connectivity index (χ0) is 21.6. The molecule has 1 atom stereocenters. The highest BCUT2D eigenvalue weighted by Gasteiger charge is 2.25. The summed E-state index contributed by atoms with van der Waals surface area (Å²) in [4.78, 5) is 25.2. The average molecular weight is 406 g/mol. The van der Waals surface area contributed by atoms with Crippen molar-refractivity contribution >= 4 is 11.8 Å². The Bertz CT molecular complexity index is 865. The number of ether oxygens (including phenoxy) is 2. The van der Waals surface area contributed by atoms with Crippen LogP contribution in [0.4, 0.5) is 8.78 Å². The van der Waals surface area contributed by atoms with Gasteiger partial charge in [-0.05, 0) is 36.2 Å². The van der Waals surface area contributed by atoms with Gasteiger partial charge in [-0.3, -0.25) is 9.59 Å². The topological polar surface area (TPSA) is 76.7 Å². The minimum absolute atomic E-state index is 0.0183. The molecule has 0 spiro atoms. The molecule has 6 nitrogen and oxygen atoms in total. The Hall–Kier alpha value is -3.16. The first-order chi connectivity index (χ1) is 13.7. The molecule has 2 amide bonds. The van der Waals surface area contributed by atoms with Crippen molar-refractivity contribution in [3.8, 4) is 11.5 Å². The van der Waals surface area contributed by atoms with Crippen LogP contribution in [0.1, 0.15) is 29.8 Å². The van der Waals surface area contributed by atoms with E-state index >= 15 is 0 Å². The van der Waals surface area contributed by atoms with Gasteiger partial charge in [-0.1, -0.05) is 13.8 Å². The van der Waals surface area contributed by atoms with E-state index in [1.165, 1.54) is 26.4 Å². The molecule has 0 fully saturated rings. The average Bonchev–Trinajstić information content (AvgIpc) is 2.71. The van der Waals surface area contributed by atoms with Crippen LogP contribution in [0.15, 0.2) is 36.4 Å². The highest BCUT2D eigenvalue weighted by Crippen LogP contribution is 2.22. The molecule has 2 rings (SSSR count). The van der Waals surface area contributed by atoms with Crippen LogP contribution in [0.3, 0.4) is 0 Å². The van der Waals surface area contributed by atoms with Gasteiger partial charge in [0.05, 0.1) is 14.2 Å². The van der Waals surface area contributed by atoms with E-state index in [1.54, 1.807) is 19.9 Å². The Morgan fingerprint density at radius 1 is 1.00 bits per heavy atom. The maximum Gasteiger partial charge on any atom is 0.252 e. The van der Waals surface area contributed by atoms with E-state index in [1.807, 2.05) is 0 Å². The molecule has 1 unspecified atom stereocenters. The van der Waals surface area contributed by atoms with Gasteiger partial charge in [0, 0.05) is 23.7 Å². The molecule has 0 saturated carbocycles. The Labute approximate surface area is 168 Å². The Morgan fingerprint density at radius 2 is 1.62 bits per heavy atom. The quantitative estimate of drug-likeness (QED) is 0.707. The number of hydrogen-bond acceptors (Lipinski definition) is 4. The van der Waals surface area contributed by atoms with Crippen LogP contribution in [-0.2, 0) is 11.3 Å². The Kier molecular flexibility index (Phi) is 7.52. The van der Waals surface area contributed by atoms with Crippen molar-refractivity contribution in [2.75, 3.05) is 14.2 Å². The molecule has 0 aromatic heterocycles. The fourth-order valence-electron chi connectivity index (χ4n) is 2.67. The number of amides is 2. The van der Waals surface area contributed by atoms with E-state index in [-0.39, 0.29) is 23.6 Å². The molecule has 0 saturated heterocycles. The fraction of sp³-hybridized carbons (Fsp3) is 0.333. The summed E-state index contributed by atoms with van der Waals surface area (Å²) in [6.07, 6.45) is 0. The monoisotopic (exact) mass is 406 g/mol. The molecule has 0 aliphatic rings. The van der Waals surface area contributed by atoms with E-state index in [0.29, 0.717) is 11.5 Å². The number of halogens is 2. The van der Waals surface area contributed by atoms with Gasteiger partial charge in [0.25, 0.3) is 5.91 Å². The molecule has 2 aromatic rings. The van der Waals surface area contributed by atoms with Gasteiger partial charge < -0.3 is 20.1 Å². The molecule has 156 valence electrons. The van der Waals surface area contributed by atoms with E-state index in [9.17, 15) is 18.4 Å². The summed E-state index contributed by atoms with van der Waals surface area (Å²) in [6, 6.07) is 6.80. The minimum Gasteiger partial charge on any atom is -0.497 e. The van der Waals surface area contributed by atoms with Gasteiger partial charge in [-0.2, -0.15) is 0 Å². The number of methoxy groups -OCH3 is 2. The van der Waals surface area contributed by atoms with Crippen molar-refractivity contribution in [3.05, 3.63) is 59.2 Å². The number of benzene rings is 2. The molecule has 8 heteroatoms. The third kappa shape index (κ3) is 5.91. The Balaban J connectivity index is 2.12. The molecular weight excluding hydrogens is 382 g/mol. The largest absolute Gasteiger partial charge is 0.497 e. The molecule has 2 N–H and O–H groups in total. The molecule has 0 aliphatic carbocycles. The second kappa shape index (κ2) is 9.86. The summed E-state index contributed by atoms with van der Waals surface area (Å²) in [5, 5.41) is 5.21. The SMILES string of the molecule is COc1cc(OC)cc(C(=O)NC(C(=O)NCc2cc(F)ccc2F)C(C)C)c1. The van der Waals surface area contributed by atoms with Crippen molar-refractivity contribution < 1.29 is 27.8 Å². The summed E-state index contributed by atoms with van der Waals surface area (Å²) in [5.41, 5.74) is 0.278. The number of nitrogens with one attached hydrogen (secondary N) is 2. The molecule has 0 aliphatic heterocycles. The number of rotatable bonds is 8. The predicted molar refractivity (Wildman–Crippen MR) is 104 cm³/mol. The second-order valence-corrected chi connectivity index (χ2v) is 6.75. The van der Waals surface area contributed by atoms with Crippen molar-refractivity contribution in [2.45, 2.75) is 26.4 Å². The summed E-state index contributed by atoms with van der Waals surface area (Å²) in [5.74, 6) is -1.61. The van der Waals surface area contributed by atoms with Gasteiger partial charge >= 0.3 is 0 Å². The van der Waals surface area contributed by atoms with Gasteiger partial charge in [-0.15, -0.1) is 0 Å². The number of carbonyl (C=O) groups is 2. The summed E-state index contributed by atoms with van der Waals surface area (Å²) in [7, 11) is 2.93. The summed E-state index contributed by atoms with van der Waals surface area (Å²) >= 11 is 0. The van der Waals surface area contributed by atoms with Crippen molar-refractivity contribution in [2.24, 2.45) is 5.92 Å². The van der Waals surface area contributed by atoms with Crippen LogP contribution in [0.25, 0.3) is 0 Å². The lowest BCUT2D eigenvalue weighted by molar-refractivity contribution is -0.124. The molecular formula is C21H24F2N2O4. The van der Waals surface area contributed by atoms with Crippen LogP contribution < -0.4 is 20.1 Å². The molecule has 0 bridgehead atoms. The highest BCUT2D eigenvalue weighted by atomic mass is 19.1. The van der Waals surface area contributed by atoms with Crippen molar-refractivity contribution in [3.63, 3.8) is 0 Å². The van der Waals surface area contributed by atoms with Crippen LogP contribution in [0.2, 0.25) is 0 Å². The first-order valence-electron chi connectivity index (χ1n) is 9.00. The van der Waals surface area contributed by atoms with E-state index < -0.39 is 29.5 Å². The lowest BCUT2D eigenvalue weighted by atomic mass is 10.0. The van der Waals surface area contributed by atoms with Gasteiger partial charge in [0.2, 0.25) is 5.91 Å². The van der Waals surface area contributed by atoms with E-state index in [2.05, 4.69) is 10.6 Å². The van der Waals surface area contributed by atoms with E-state index in [4.69, 9.17) is 9.47 Å². The molecule has 0 radical (unpaired) electrons. The predicted octanol–water partition coefficient (Wildman–Crippen LogP) is 3.05. The molecule has 0 heterocycles. The maximum absolute atomic E-state index is 13.7. The minimum atomic E-state index is -0.878. The van der Waals surface area contributed by atoms with Gasteiger partial charge in [0.15, 0.2) is 0 Å². The number of carbonyl (C=O) groups excluding carboxylic acids is 2. The zero-order valence-electron chi connectivity index (χ0n) is 16.7. The summed E-state index contributed by atoms with van der Waals surface area (Å²) in [6.45, 7) is 3.33. The second-order valence-electron chi connectivity index (χ2n) is 6.75. The number of hydrogen-bond donors (Lipinski definition) is 2. The van der Waals surface area contributed by atoms with Crippen LogP contribution in [0.5, 0.6) is 11.5 Å². The lowest BCUT2D eigenvalue weighted by Gasteiger charge is -2.22. The fourth-order valence-corrected chi connectivity index (χ4v) is 2.67. The van der Waals surface area contributed by atoms with Crippen LogP contribution in [-0.4, -0.2) is 32.1 Å². The Morgan fingerprint density at radius 3 is 2.17 bits per heavy atom. The standard InChI is InChI=1S/C21H24F2N2O4/c1-12(2)19(21(27)24-11-14-7-15(22)5-6-18(14)23)25-20(26)13-8-16(28-3)10-17(9-13)29-4/h5-10,12,19H,11H2,1-4H3,(H,24,27)(H,25,26). The lowest BCUT2D eigenvalue weighted by Crippen LogP contribution is -2.49. The highest BCUT2D eigenvalue weighted by molar-refractivity contribution is 5.98. The van der Waals surface area contributed by atoms with Crippen molar-refractivity contribution in [1.82, 2.24) is 10.6 Å². The third-order valence-corrected chi connectivity index (χ3v) is 4.31.